The first-order valence-corrected chi connectivity index (χ1v) is 4.46. The minimum absolute atomic E-state index is 0. The molecule has 2 nitrogen and oxygen atoms in total. The third-order valence-corrected chi connectivity index (χ3v) is 2.96. The topological polar surface area (TPSA) is 37.3 Å². The van der Waals surface area contributed by atoms with Crippen molar-refractivity contribution in [2.45, 2.75) is 13.8 Å². The van der Waals surface area contributed by atoms with Crippen LogP contribution in [0.1, 0.15) is 13.8 Å². The zero-order chi connectivity index (χ0) is 5.91. The molecule has 0 amide bonds. The summed E-state index contributed by atoms with van der Waals surface area (Å²) in [6.45, 7) is 3.45. The van der Waals surface area contributed by atoms with Gasteiger partial charge in [0, 0.05) is 12.3 Å². The fraction of sp³-hybridized carbons (Fsp3) is 1.00. The number of rotatable bonds is 2. The quantitative estimate of drug-likeness (QED) is 0.495. The van der Waals surface area contributed by atoms with Gasteiger partial charge in [-0.25, -0.2) is 0 Å². The zero-order valence-electron chi connectivity index (χ0n) is 4.72. The average molecular weight is 199 g/mol. The molecular formula is C4H15GeO2P. The van der Waals surface area contributed by atoms with Gasteiger partial charge in [-0.15, -0.1) is 0 Å². The van der Waals surface area contributed by atoms with E-state index in [2.05, 4.69) is 0 Å². The van der Waals surface area contributed by atoms with Crippen molar-refractivity contribution in [2.75, 3.05) is 12.3 Å². The fourth-order valence-electron chi connectivity index (χ4n) is 0.224. The van der Waals surface area contributed by atoms with Crippen LogP contribution in [0.3, 0.4) is 0 Å². The Hall–Kier alpha value is 0.733. The van der Waals surface area contributed by atoms with Gasteiger partial charge in [0.2, 0.25) is 0 Å². The van der Waals surface area contributed by atoms with Crippen LogP contribution in [0.15, 0.2) is 0 Å². The van der Waals surface area contributed by atoms with Gasteiger partial charge in [0.05, 0.1) is 0 Å². The standard InChI is InChI=1S/C4H11O2P.GeH4/c1-3-7(5,6)4-2;/h3-4H2,1-2H3,(H,5,6);1H4. The first-order valence-electron chi connectivity index (χ1n) is 2.43. The third kappa shape index (κ3) is 4.88. The van der Waals surface area contributed by atoms with Crippen LogP contribution in [0.2, 0.25) is 0 Å². The molecule has 0 rings (SSSR count). The summed E-state index contributed by atoms with van der Waals surface area (Å²) in [5.74, 6) is 0. The van der Waals surface area contributed by atoms with Gasteiger partial charge in [-0.05, 0) is 0 Å². The monoisotopic (exact) mass is 200 g/mol. The molecule has 0 radical (unpaired) electrons. The molecule has 0 aromatic carbocycles. The van der Waals surface area contributed by atoms with E-state index in [0.29, 0.717) is 12.3 Å². The summed E-state index contributed by atoms with van der Waals surface area (Å²) in [6, 6.07) is 0. The summed E-state index contributed by atoms with van der Waals surface area (Å²) in [5, 5.41) is 0. The van der Waals surface area contributed by atoms with E-state index in [4.69, 9.17) is 4.89 Å². The van der Waals surface area contributed by atoms with Gasteiger partial charge < -0.3 is 4.89 Å². The zero-order valence-corrected chi connectivity index (χ0v) is 5.61. The molecule has 0 aliphatic rings. The molecule has 52 valence electrons. The van der Waals surface area contributed by atoms with Crippen molar-refractivity contribution < 1.29 is 9.46 Å². The van der Waals surface area contributed by atoms with E-state index in [9.17, 15) is 4.57 Å². The Morgan fingerprint density at radius 1 is 1.38 bits per heavy atom. The Morgan fingerprint density at radius 2 is 1.62 bits per heavy atom. The molecular weight excluding hydrogens is 184 g/mol. The Labute approximate surface area is 61.1 Å². The van der Waals surface area contributed by atoms with Gasteiger partial charge in [-0.3, -0.25) is 4.57 Å². The molecule has 4 heteroatoms. The molecule has 0 aliphatic heterocycles. The van der Waals surface area contributed by atoms with E-state index in [1.165, 1.54) is 0 Å². The van der Waals surface area contributed by atoms with Crippen LogP contribution < -0.4 is 0 Å². The number of hydrogen-bond acceptors (Lipinski definition) is 1. The van der Waals surface area contributed by atoms with Crippen LogP contribution >= 0.6 is 7.37 Å². The summed E-state index contributed by atoms with van der Waals surface area (Å²) in [5.41, 5.74) is 0. The fourth-order valence-corrected chi connectivity index (χ4v) is 0.671. The molecule has 8 heavy (non-hydrogen) atoms. The van der Waals surface area contributed by atoms with Crippen LogP contribution in [0.25, 0.3) is 0 Å². The van der Waals surface area contributed by atoms with Gasteiger partial charge in [0.1, 0.15) is 0 Å². The van der Waals surface area contributed by atoms with E-state index in [-0.39, 0.29) is 17.6 Å². The van der Waals surface area contributed by atoms with Crippen molar-refractivity contribution in [1.29, 1.82) is 0 Å². The molecule has 0 aromatic heterocycles. The Balaban J connectivity index is 0. The molecule has 0 fully saturated rings. The predicted octanol–water partition coefficient (Wildman–Crippen LogP) is -0.155. The molecule has 0 aromatic rings. The normalized spacial score (nSPS) is 10.4. The summed E-state index contributed by atoms with van der Waals surface area (Å²) < 4.78 is 10.5. The van der Waals surface area contributed by atoms with Gasteiger partial charge >= 0.3 is 17.6 Å². The van der Waals surface area contributed by atoms with Gasteiger partial charge in [0.25, 0.3) is 0 Å². The van der Waals surface area contributed by atoms with Crippen molar-refractivity contribution in [3.8, 4) is 0 Å². The summed E-state index contributed by atoms with van der Waals surface area (Å²) in [7, 11) is -2.65. The van der Waals surface area contributed by atoms with Gasteiger partial charge in [-0.2, -0.15) is 0 Å². The second-order valence-electron chi connectivity index (χ2n) is 1.48. The van der Waals surface area contributed by atoms with Crippen molar-refractivity contribution in [3.05, 3.63) is 0 Å². The summed E-state index contributed by atoms with van der Waals surface area (Å²) >= 11 is 0. The molecule has 0 atom stereocenters. The maximum atomic E-state index is 10.5. The van der Waals surface area contributed by atoms with Crippen LogP contribution in [0.4, 0.5) is 0 Å². The second-order valence-corrected chi connectivity index (χ2v) is 4.44. The van der Waals surface area contributed by atoms with Crippen LogP contribution in [0, 0.1) is 0 Å². The van der Waals surface area contributed by atoms with Crippen LogP contribution in [-0.4, -0.2) is 34.8 Å². The van der Waals surface area contributed by atoms with Crippen molar-refractivity contribution in [3.63, 3.8) is 0 Å². The first kappa shape index (κ1) is 11.5. The molecule has 0 heterocycles. The van der Waals surface area contributed by atoms with Gasteiger partial charge in [-0.1, -0.05) is 13.8 Å². The van der Waals surface area contributed by atoms with E-state index < -0.39 is 7.37 Å². The Bertz CT molecular complexity index is 86.0. The predicted molar refractivity (Wildman–Crippen MR) is 42.2 cm³/mol. The van der Waals surface area contributed by atoms with Crippen molar-refractivity contribution >= 4 is 25.0 Å². The van der Waals surface area contributed by atoms with E-state index in [0.717, 1.165) is 0 Å². The van der Waals surface area contributed by atoms with E-state index >= 15 is 0 Å². The van der Waals surface area contributed by atoms with E-state index in [1.54, 1.807) is 13.8 Å². The molecule has 0 saturated heterocycles. The third-order valence-electron chi connectivity index (χ3n) is 0.988. The SMILES string of the molecule is CCP(=O)(O)CC.[GeH4]. The first-order chi connectivity index (χ1) is 3.12. The molecule has 0 saturated carbocycles. The average Bonchev–Trinajstić information content (AvgIpc) is 1.68. The molecule has 1 N–H and O–H groups in total. The Morgan fingerprint density at radius 3 is 1.62 bits per heavy atom. The van der Waals surface area contributed by atoms with Crippen molar-refractivity contribution in [1.82, 2.24) is 0 Å². The maximum absolute atomic E-state index is 10.5. The molecule has 0 aliphatic carbocycles. The summed E-state index contributed by atoms with van der Waals surface area (Å²) in [6.07, 6.45) is 0.812. The van der Waals surface area contributed by atoms with E-state index in [1.807, 2.05) is 0 Å². The van der Waals surface area contributed by atoms with Gasteiger partial charge in [0.15, 0.2) is 7.37 Å². The molecule has 0 spiro atoms. The van der Waals surface area contributed by atoms with Crippen LogP contribution in [0.5, 0.6) is 0 Å². The molecule has 0 unspecified atom stereocenters. The second kappa shape index (κ2) is 4.60. The van der Waals surface area contributed by atoms with Crippen LogP contribution in [-0.2, 0) is 4.57 Å². The minimum atomic E-state index is -2.65. The number of hydrogen-bond donors (Lipinski definition) is 1. The molecule has 0 bridgehead atoms. The van der Waals surface area contributed by atoms with Crippen molar-refractivity contribution in [2.24, 2.45) is 0 Å². The summed E-state index contributed by atoms with van der Waals surface area (Å²) in [4.78, 5) is 8.69. The Kier molecular flexibility index (Phi) is 6.62.